The maximum atomic E-state index is 13.2. The summed E-state index contributed by atoms with van der Waals surface area (Å²) in [6.07, 6.45) is 4.54. The minimum absolute atomic E-state index is 0.219. The summed E-state index contributed by atoms with van der Waals surface area (Å²) in [6.45, 7) is 6.97. The predicted octanol–water partition coefficient (Wildman–Crippen LogP) is 4.87. The van der Waals surface area contributed by atoms with Gasteiger partial charge in [-0.1, -0.05) is 43.3 Å². The lowest BCUT2D eigenvalue weighted by molar-refractivity contribution is 0.0945. The molecule has 0 bridgehead atoms. The third kappa shape index (κ3) is 5.59. The summed E-state index contributed by atoms with van der Waals surface area (Å²) in [5.74, 6) is 0.304. The van der Waals surface area contributed by atoms with E-state index in [2.05, 4.69) is 56.8 Å². The number of H-pyrrole nitrogens is 2. The fourth-order valence-corrected chi connectivity index (χ4v) is 4.62. The first-order chi connectivity index (χ1) is 19.1. The predicted molar refractivity (Wildman–Crippen MR) is 153 cm³/mol. The molecule has 39 heavy (non-hydrogen) atoms. The van der Waals surface area contributed by atoms with Crippen molar-refractivity contribution >= 4 is 16.8 Å². The molecule has 0 aliphatic carbocycles. The fourth-order valence-electron chi connectivity index (χ4n) is 4.62. The van der Waals surface area contributed by atoms with Gasteiger partial charge in [0.2, 0.25) is 0 Å². The lowest BCUT2D eigenvalue weighted by Crippen LogP contribution is -2.26. The van der Waals surface area contributed by atoms with Crippen molar-refractivity contribution in [2.75, 3.05) is 26.8 Å². The smallest absolute Gasteiger partial charge is 0.270 e. The highest BCUT2D eigenvalue weighted by Crippen LogP contribution is 2.33. The van der Waals surface area contributed by atoms with Gasteiger partial charge in [-0.3, -0.25) is 14.9 Å². The molecule has 0 unspecified atom stereocenters. The number of imidazole rings is 1. The monoisotopic (exact) mass is 523 g/mol. The van der Waals surface area contributed by atoms with Gasteiger partial charge in [-0.05, 0) is 48.7 Å². The number of nitrogens with zero attached hydrogens (tertiary/aromatic N) is 3. The maximum absolute atomic E-state index is 13.2. The number of carbonyl (C=O) groups is 1. The van der Waals surface area contributed by atoms with Crippen LogP contribution in [0.1, 0.15) is 35.0 Å². The number of methoxy groups -OCH3 is 1. The zero-order chi connectivity index (χ0) is 27.2. The molecule has 5 rings (SSSR count). The molecule has 9 nitrogen and oxygen atoms in total. The molecule has 9 heteroatoms. The highest BCUT2D eigenvalue weighted by molar-refractivity contribution is 6.00. The van der Waals surface area contributed by atoms with Crippen molar-refractivity contribution in [1.29, 1.82) is 0 Å². The molecule has 0 atom stereocenters. The first-order valence-corrected chi connectivity index (χ1v) is 13.2. The summed E-state index contributed by atoms with van der Waals surface area (Å²) < 4.78 is 5.10. The molecule has 0 aliphatic rings. The standard InChI is InChI=1S/C30H33N7O2/c1-4-31-16-22-17-32-18-24(19(22)2)21-11-12-25-23(15-21)27(37-36-25)29-34-26(20-9-6-5-7-10-20)28(35-29)30(38)33-13-8-14-39-3/h5-7,9-12,15,17-18,31H,4,8,13-14,16H2,1-3H3,(H,33,38)(H,34,35)(H,36,37). The first-order valence-electron chi connectivity index (χ1n) is 13.2. The van der Waals surface area contributed by atoms with Crippen LogP contribution in [-0.2, 0) is 11.3 Å². The molecule has 200 valence electrons. The fraction of sp³-hybridized carbons (Fsp3) is 0.267. The molecule has 0 saturated carbocycles. The quantitative estimate of drug-likeness (QED) is 0.183. The summed E-state index contributed by atoms with van der Waals surface area (Å²) in [6, 6.07) is 15.9. The molecule has 0 radical (unpaired) electrons. The summed E-state index contributed by atoms with van der Waals surface area (Å²) in [5, 5.41) is 15.0. The van der Waals surface area contributed by atoms with Crippen LogP contribution in [-0.4, -0.2) is 57.9 Å². The van der Waals surface area contributed by atoms with Crippen LogP contribution < -0.4 is 10.6 Å². The highest BCUT2D eigenvalue weighted by Gasteiger charge is 2.22. The van der Waals surface area contributed by atoms with Gasteiger partial charge in [0.05, 0.1) is 5.52 Å². The molecule has 0 aliphatic heterocycles. The molecular formula is C30H33N7O2. The van der Waals surface area contributed by atoms with Gasteiger partial charge >= 0.3 is 0 Å². The highest BCUT2D eigenvalue weighted by atomic mass is 16.5. The van der Waals surface area contributed by atoms with Crippen molar-refractivity contribution in [2.24, 2.45) is 0 Å². The molecule has 1 amide bonds. The lowest BCUT2D eigenvalue weighted by Gasteiger charge is -2.11. The molecule has 5 aromatic rings. The van der Waals surface area contributed by atoms with E-state index in [9.17, 15) is 4.79 Å². The van der Waals surface area contributed by atoms with Gasteiger partial charge in [-0.15, -0.1) is 0 Å². The van der Waals surface area contributed by atoms with Crippen molar-refractivity contribution in [3.8, 4) is 33.9 Å². The van der Waals surface area contributed by atoms with E-state index in [0.717, 1.165) is 47.1 Å². The largest absolute Gasteiger partial charge is 0.385 e. The van der Waals surface area contributed by atoms with Crippen molar-refractivity contribution in [2.45, 2.75) is 26.8 Å². The van der Waals surface area contributed by atoms with E-state index in [1.54, 1.807) is 7.11 Å². The average Bonchev–Trinajstić information content (AvgIpc) is 3.59. The maximum Gasteiger partial charge on any atom is 0.270 e. The van der Waals surface area contributed by atoms with E-state index >= 15 is 0 Å². The van der Waals surface area contributed by atoms with E-state index in [-0.39, 0.29) is 5.91 Å². The van der Waals surface area contributed by atoms with Gasteiger partial charge in [0, 0.05) is 55.7 Å². The van der Waals surface area contributed by atoms with Gasteiger partial charge in [-0.2, -0.15) is 5.10 Å². The van der Waals surface area contributed by atoms with Crippen LogP contribution in [0.3, 0.4) is 0 Å². The Morgan fingerprint density at radius 1 is 1.05 bits per heavy atom. The zero-order valence-corrected chi connectivity index (χ0v) is 22.5. The number of fused-ring (bicyclic) bond motifs is 1. The van der Waals surface area contributed by atoms with Crippen LogP contribution in [0, 0.1) is 6.92 Å². The minimum Gasteiger partial charge on any atom is -0.385 e. The normalized spacial score (nSPS) is 11.3. The average molecular weight is 524 g/mol. The van der Waals surface area contributed by atoms with E-state index in [1.807, 2.05) is 48.8 Å². The van der Waals surface area contributed by atoms with Gasteiger partial charge in [0.1, 0.15) is 17.1 Å². The number of aromatic amines is 2. The second-order valence-electron chi connectivity index (χ2n) is 9.36. The lowest BCUT2D eigenvalue weighted by atomic mass is 9.98. The SMILES string of the molecule is CCNCc1cncc(-c2ccc3[nH]nc(-c4nc(-c5ccccc5)c(C(=O)NCCCOC)[nH]4)c3c2)c1C. The van der Waals surface area contributed by atoms with Gasteiger partial charge in [-0.25, -0.2) is 4.98 Å². The van der Waals surface area contributed by atoms with Crippen LogP contribution in [0.15, 0.2) is 60.9 Å². The van der Waals surface area contributed by atoms with Crippen LogP contribution in [0.4, 0.5) is 0 Å². The molecule has 3 aromatic heterocycles. The molecule has 3 heterocycles. The summed E-state index contributed by atoms with van der Waals surface area (Å²) in [5.41, 5.74) is 7.83. The number of aromatic nitrogens is 5. The topological polar surface area (TPSA) is 121 Å². The number of carbonyl (C=O) groups excluding carboxylic acids is 1. The van der Waals surface area contributed by atoms with Gasteiger partial charge in [0.25, 0.3) is 5.91 Å². The zero-order valence-electron chi connectivity index (χ0n) is 22.5. The number of benzene rings is 2. The number of amides is 1. The Kier molecular flexibility index (Phi) is 8.10. The number of nitrogens with one attached hydrogen (secondary N) is 4. The number of ether oxygens (including phenoxy) is 1. The Hall–Kier alpha value is -4.34. The van der Waals surface area contributed by atoms with E-state index in [1.165, 1.54) is 11.1 Å². The Morgan fingerprint density at radius 2 is 1.90 bits per heavy atom. The molecule has 0 saturated heterocycles. The van der Waals surface area contributed by atoms with Crippen molar-refractivity contribution < 1.29 is 9.53 Å². The minimum atomic E-state index is -0.219. The van der Waals surface area contributed by atoms with Crippen molar-refractivity contribution in [3.63, 3.8) is 0 Å². The summed E-state index contributed by atoms with van der Waals surface area (Å²) in [4.78, 5) is 25.8. The molecular weight excluding hydrogens is 490 g/mol. The molecule has 4 N–H and O–H groups in total. The third-order valence-electron chi connectivity index (χ3n) is 6.77. The van der Waals surface area contributed by atoms with Gasteiger partial charge in [0.15, 0.2) is 5.82 Å². The van der Waals surface area contributed by atoms with Crippen LogP contribution in [0.25, 0.3) is 44.8 Å². The van der Waals surface area contributed by atoms with E-state index < -0.39 is 0 Å². The Bertz CT molecular complexity index is 1570. The van der Waals surface area contributed by atoms with E-state index in [4.69, 9.17) is 9.72 Å². The molecule has 0 spiro atoms. The second kappa shape index (κ2) is 12.0. The van der Waals surface area contributed by atoms with Crippen LogP contribution in [0.2, 0.25) is 0 Å². The Morgan fingerprint density at radius 3 is 2.69 bits per heavy atom. The number of rotatable bonds is 11. The summed E-state index contributed by atoms with van der Waals surface area (Å²) in [7, 11) is 1.65. The van der Waals surface area contributed by atoms with Crippen LogP contribution in [0.5, 0.6) is 0 Å². The number of pyridine rings is 1. The molecule has 0 fully saturated rings. The van der Waals surface area contributed by atoms with Crippen molar-refractivity contribution in [3.05, 3.63) is 77.7 Å². The number of hydrogen-bond acceptors (Lipinski definition) is 6. The van der Waals surface area contributed by atoms with E-state index in [0.29, 0.717) is 36.1 Å². The van der Waals surface area contributed by atoms with Crippen molar-refractivity contribution in [1.82, 2.24) is 35.8 Å². The first kappa shape index (κ1) is 26.3. The van der Waals surface area contributed by atoms with Crippen LogP contribution >= 0.6 is 0 Å². The number of hydrogen-bond donors (Lipinski definition) is 4. The molecule has 2 aromatic carbocycles. The summed E-state index contributed by atoms with van der Waals surface area (Å²) >= 11 is 0. The Labute approximate surface area is 227 Å². The second-order valence-corrected chi connectivity index (χ2v) is 9.36. The van der Waals surface area contributed by atoms with Gasteiger partial charge < -0.3 is 20.4 Å². The third-order valence-corrected chi connectivity index (χ3v) is 6.77. The Balaban J connectivity index is 1.55.